The van der Waals surface area contributed by atoms with Gasteiger partial charge in [-0.25, -0.2) is 0 Å². The molecule has 0 spiro atoms. The summed E-state index contributed by atoms with van der Waals surface area (Å²) in [4.78, 5) is 14.8. The van der Waals surface area contributed by atoms with Crippen LogP contribution in [0.2, 0.25) is 0 Å². The van der Waals surface area contributed by atoms with Crippen LogP contribution in [0, 0.1) is 0 Å². The number of likely N-dealkylation sites (tertiary alicyclic amines) is 1. The van der Waals surface area contributed by atoms with Gasteiger partial charge >= 0.3 is 0 Å². The van der Waals surface area contributed by atoms with Crippen molar-refractivity contribution in [3.8, 4) is 0 Å². The standard InChI is InChI=1S/C15H26N2O/c1-12-8-7-11-14(16-2)15(18)17(12)13-9-5-3-4-6-10-13/h3,5,12-14,16H,4,6-11H2,1-2H3. The van der Waals surface area contributed by atoms with E-state index >= 15 is 0 Å². The molecule has 2 aliphatic rings. The molecule has 3 heteroatoms. The average Bonchev–Trinajstić information content (AvgIpc) is 2.69. The molecule has 1 saturated heterocycles. The second-order valence-corrected chi connectivity index (χ2v) is 5.66. The molecule has 0 bridgehead atoms. The van der Waals surface area contributed by atoms with E-state index in [1.54, 1.807) is 0 Å². The van der Waals surface area contributed by atoms with Crippen LogP contribution in [0.15, 0.2) is 12.2 Å². The van der Waals surface area contributed by atoms with Gasteiger partial charge in [-0.15, -0.1) is 0 Å². The van der Waals surface area contributed by atoms with Crippen LogP contribution >= 0.6 is 0 Å². The molecule has 0 radical (unpaired) electrons. The topological polar surface area (TPSA) is 32.3 Å². The van der Waals surface area contributed by atoms with Crippen LogP contribution in [0.25, 0.3) is 0 Å². The van der Waals surface area contributed by atoms with Gasteiger partial charge in [-0.2, -0.15) is 0 Å². The molecule has 1 heterocycles. The molecule has 3 nitrogen and oxygen atoms in total. The summed E-state index contributed by atoms with van der Waals surface area (Å²) >= 11 is 0. The summed E-state index contributed by atoms with van der Waals surface area (Å²) in [6.07, 6.45) is 12.4. The molecule has 2 rings (SSSR count). The lowest BCUT2D eigenvalue weighted by Gasteiger charge is -2.36. The summed E-state index contributed by atoms with van der Waals surface area (Å²) in [6.45, 7) is 2.21. The largest absolute Gasteiger partial charge is 0.335 e. The van der Waals surface area contributed by atoms with Crippen molar-refractivity contribution in [3.05, 3.63) is 12.2 Å². The van der Waals surface area contributed by atoms with Crippen LogP contribution in [-0.4, -0.2) is 36.0 Å². The Morgan fingerprint density at radius 1 is 1.22 bits per heavy atom. The van der Waals surface area contributed by atoms with E-state index in [0.29, 0.717) is 18.0 Å². The van der Waals surface area contributed by atoms with Crippen molar-refractivity contribution in [1.82, 2.24) is 10.2 Å². The maximum absolute atomic E-state index is 12.6. The smallest absolute Gasteiger partial charge is 0.240 e. The first kappa shape index (κ1) is 13.6. The molecule has 1 amide bonds. The second-order valence-electron chi connectivity index (χ2n) is 5.66. The number of nitrogens with one attached hydrogen (secondary N) is 1. The summed E-state index contributed by atoms with van der Waals surface area (Å²) < 4.78 is 0. The van der Waals surface area contributed by atoms with Gasteiger partial charge in [0, 0.05) is 12.1 Å². The van der Waals surface area contributed by atoms with E-state index in [-0.39, 0.29) is 6.04 Å². The molecular weight excluding hydrogens is 224 g/mol. The molecule has 1 N–H and O–H groups in total. The summed E-state index contributed by atoms with van der Waals surface area (Å²) in [7, 11) is 1.91. The van der Waals surface area contributed by atoms with Crippen LogP contribution in [0.3, 0.4) is 0 Å². The SMILES string of the molecule is CNC1CCCC(C)N(C2CC=CCCC2)C1=O. The van der Waals surface area contributed by atoms with E-state index in [4.69, 9.17) is 0 Å². The van der Waals surface area contributed by atoms with Gasteiger partial charge in [0.2, 0.25) is 5.91 Å². The lowest BCUT2D eigenvalue weighted by atomic mass is 10.0. The molecule has 0 saturated carbocycles. The monoisotopic (exact) mass is 250 g/mol. The Morgan fingerprint density at radius 2 is 2.06 bits per heavy atom. The van der Waals surface area contributed by atoms with Crippen molar-refractivity contribution in [2.24, 2.45) is 0 Å². The Hall–Kier alpha value is -0.830. The predicted octanol–water partition coefficient (Wildman–Crippen LogP) is 2.47. The number of hydrogen-bond acceptors (Lipinski definition) is 2. The van der Waals surface area contributed by atoms with E-state index in [9.17, 15) is 4.79 Å². The van der Waals surface area contributed by atoms with Crippen LogP contribution < -0.4 is 5.32 Å². The second kappa shape index (κ2) is 6.37. The fraction of sp³-hybridized carbons (Fsp3) is 0.800. The van der Waals surface area contributed by atoms with Gasteiger partial charge in [0.1, 0.15) is 0 Å². The zero-order valence-electron chi connectivity index (χ0n) is 11.7. The average molecular weight is 250 g/mol. The highest BCUT2D eigenvalue weighted by Crippen LogP contribution is 2.26. The Morgan fingerprint density at radius 3 is 2.83 bits per heavy atom. The predicted molar refractivity (Wildman–Crippen MR) is 74.4 cm³/mol. The van der Waals surface area contributed by atoms with Gasteiger partial charge in [-0.1, -0.05) is 12.2 Å². The van der Waals surface area contributed by atoms with E-state index in [1.807, 2.05) is 7.05 Å². The highest BCUT2D eigenvalue weighted by molar-refractivity contribution is 5.82. The van der Waals surface area contributed by atoms with Crippen LogP contribution in [-0.2, 0) is 4.79 Å². The third kappa shape index (κ3) is 2.94. The summed E-state index contributed by atoms with van der Waals surface area (Å²) in [5.74, 6) is 0.322. The van der Waals surface area contributed by atoms with Gasteiger partial charge in [0.15, 0.2) is 0 Å². The Labute approximate surface area is 111 Å². The fourth-order valence-corrected chi connectivity index (χ4v) is 3.30. The van der Waals surface area contributed by atoms with Crippen LogP contribution in [0.1, 0.15) is 51.9 Å². The molecule has 1 aliphatic carbocycles. The van der Waals surface area contributed by atoms with Gasteiger partial charge in [-0.3, -0.25) is 4.79 Å². The highest BCUT2D eigenvalue weighted by atomic mass is 16.2. The molecule has 102 valence electrons. The molecular formula is C15H26N2O. The van der Waals surface area contributed by atoms with Crippen LogP contribution in [0.5, 0.6) is 0 Å². The minimum atomic E-state index is 0.0298. The molecule has 0 aromatic heterocycles. The molecule has 3 atom stereocenters. The van der Waals surface area contributed by atoms with Gasteiger partial charge in [0.25, 0.3) is 0 Å². The molecule has 1 fully saturated rings. The van der Waals surface area contributed by atoms with Crippen LogP contribution in [0.4, 0.5) is 0 Å². The van der Waals surface area contributed by atoms with Crippen molar-refractivity contribution in [1.29, 1.82) is 0 Å². The summed E-state index contributed by atoms with van der Waals surface area (Å²) in [5, 5.41) is 3.19. The summed E-state index contributed by atoms with van der Waals surface area (Å²) in [5.41, 5.74) is 0. The fourth-order valence-electron chi connectivity index (χ4n) is 3.30. The molecule has 3 unspecified atom stereocenters. The molecule has 1 aliphatic heterocycles. The Kier molecular flexibility index (Phi) is 4.81. The number of rotatable bonds is 2. The third-order valence-corrected chi connectivity index (χ3v) is 4.37. The van der Waals surface area contributed by atoms with Crippen molar-refractivity contribution in [2.75, 3.05) is 7.05 Å². The molecule has 0 aromatic carbocycles. The molecule has 0 aromatic rings. The van der Waals surface area contributed by atoms with E-state index in [2.05, 4.69) is 29.3 Å². The third-order valence-electron chi connectivity index (χ3n) is 4.37. The van der Waals surface area contributed by atoms with Crippen molar-refractivity contribution in [2.45, 2.75) is 70.0 Å². The minimum Gasteiger partial charge on any atom is -0.335 e. The normalized spacial score (nSPS) is 34.2. The lowest BCUT2D eigenvalue weighted by molar-refractivity contribution is -0.137. The first-order valence-electron chi connectivity index (χ1n) is 7.38. The number of nitrogens with zero attached hydrogens (tertiary/aromatic N) is 1. The number of likely N-dealkylation sites (N-methyl/N-ethyl adjacent to an activating group) is 1. The lowest BCUT2D eigenvalue weighted by Crippen LogP contribution is -2.51. The van der Waals surface area contributed by atoms with Crippen molar-refractivity contribution < 1.29 is 4.79 Å². The molecule has 18 heavy (non-hydrogen) atoms. The van der Waals surface area contributed by atoms with E-state index in [0.717, 1.165) is 32.1 Å². The number of amides is 1. The zero-order valence-corrected chi connectivity index (χ0v) is 11.7. The number of carbonyl (C=O) groups is 1. The van der Waals surface area contributed by atoms with Gasteiger partial charge in [-0.05, 0) is 58.9 Å². The van der Waals surface area contributed by atoms with Gasteiger partial charge < -0.3 is 10.2 Å². The van der Waals surface area contributed by atoms with E-state index < -0.39 is 0 Å². The Bertz CT molecular complexity index is 314. The maximum Gasteiger partial charge on any atom is 0.240 e. The number of allylic oxidation sites excluding steroid dienone is 1. The number of carbonyl (C=O) groups excluding carboxylic acids is 1. The maximum atomic E-state index is 12.6. The van der Waals surface area contributed by atoms with Crippen molar-refractivity contribution >= 4 is 5.91 Å². The highest BCUT2D eigenvalue weighted by Gasteiger charge is 2.34. The van der Waals surface area contributed by atoms with Gasteiger partial charge in [0.05, 0.1) is 6.04 Å². The Balaban J connectivity index is 2.14. The summed E-state index contributed by atoms with van der Waals surface area (Å²) in [6, 6.07) is 0.842. The quantitative estimate of drug-likeness (QED) is 0.764. The first-order chi connectivity index (χ1) is 8.74. The van der Waals surface area contributed by atoms with E-state index in [1.165, 1.54) is 12.8 Å². The number of hydrogen-bond donors (Lipinski definition) is 1. The first-order valence-corrected chi connectivity index (χ1v) is 7.38. The minimum absolute atomic E-state index is 0.0298. The van der Waals surface area contributed by atoms with Crippen molar-refractivity contribution in [3.63, 3.8) is 0 Å². The zero-order chi connectivity index (χ0) is 13.0.